The number of nitrogens with zero attached hydrogens (tertiary/aromatic N) is 3. The number of azide groups is 1. The van der Waals surface area contributed by atoms with Gasteiger partial charge in [0.15, 0.2) is 0 Å². The minimum atomic E-state index is 0.127. The van der Waals surface area contributed by atoms with Crippen LogP contribution in [0.2, 0.25) is 0 Å². The number of fused-ring (bicyclic) bond motifs is 4. The first-order chi connectivity index (χ1) is 10.1. The summed E-state index contributed by atoms with van der Waals surface area (Å²) in [5.74, 6) is 0.954. The van der Waals surface area contributed by atoms with Crippen LogP contribution in [0, 0.1) is 5.41 Å². The van der Waals surface area contributed by atoms with Gasteiger partial charge in [-0.2, -0.15) is 0 Å². The SMILES string of the molecule is CC1(C)[C@@H]2CC(N=[N+]=[N-])C[C@H]1c1cccc3cccc2c13. The highest BCUT2D eigenvalue weighted by Gasteiger charge is 2.48. The summed E-state index contributed by atoms with van der Waals surface area (Å²) >= 11 is 0. The first-order valence-corrected chi connectivity index (χ1v) is 7.68. The molecule has 1 saturated carbocycles. The van der Waals surface area contributed by atoms with Crippen LogP contribution in [0.25, 0.3) is 21.2 Å². The summed E-state index contributed by atoms with van der Waals surface area (Å²) in [5, 5.41) is 6.85. The Bertz CT molecular complexity index is 720. The monoisotopic (exact) mass is 277 g/mol. The van der Waals surface area contributed by atoms with Crippen LogP contribution in [0.4, 0.5) is 0 Å². The van der Waals surface area contributed by atoms with Gasteiger partial charge in [-0.15, -0.1) is 0 Å². The molecule has 1 unspecified atom stereocenters. The Kier molecular flexibility index (Phi) is 2.58. The third kappa shape index (κ3) is 1.64. The van der Waals surface area contributed by atoms with Crippen LogP contribution in [0.5, 0.6) is 0 Å². The van der Waals surface area contributed by atoms with E-state index in [2.05, 4.69) is 60.3 Å². The fraction of sp³-hybridized carbons (Fsp3) is 0.444. The minimum Gasteiger partial charge on any atom is -0.0906 e. The molecule has 2 aliphatic rings. The maximum absolute atomic E-state index is 8.82. The van der Waals surface area contributed by atoms with Crippen molar-refractivity contribution in [2.75, 3.05) is 0 Å². The summed E-state index contributed by atoms with van der Waals surface area (Å²) in [6.45, 7) is 4.76. The fourth-order valence-corrected chi connectivity index (χ4v) is 4.69. The lowest BCUT2D eigenvalue weighted by Gasteiger charge is -2.51. The van der Waals surface area contributed by atoms with Crippen LogP contribution in [-0.4, -0.2) is 6.04 Å². The van der Waals surface area contributed by atoms with Crippen molar-refractivity contribution in [1.82, 2.24) is 0 Å². The Morgan fingerprint density at radius 2 is 1.62 bits per heavy atom. The van der Waals surface area contributed by atoms with Crippen molar-refractivity contribution >= 4 is 10.8 Å². The van der Waals surface area contributed by atoms with Crippen LogP contribution in [0.1, 0.15) is 49.7 Å². The summed E-state index contributed by atoms with van der Waals surface area (Å²) in [5.41, 5.74) is 11.9. The molecule has 0 aliphatic heterocycles. The molecule has 0 spiro atoms. The number of hydrogen-bond donors (Lipinski definition) is 0. The minimum absolute atomic E-state index is 0.127. The van der Waals surface area contributed by atoms with Gasteiger partial charge < -0.3 is 0 Å². The van der Waals surface area contributed by atoms with Crippen molar-refractivity contribution in [2.45, 2.75) is 44.6 Å². The summed E-state index contributed by atoms with van der Waals surface area (Å²) in [6.07, 6.45) is 1.95. The van der Waals surface area contributed by atoms with Crippen molar-refractivity contribution in [1.29, 1.82) is 0 Å². The molecule has 0 heterocycles. The first kappa shape index (κ1) is 12.7. The van der Waals surface area contributed by atoms with Crippen molar-refractivity contribution < 1.29 is 0 Å². The van der Waals surface area contributed by atoms with Crippen molar-refractivity contribution in [3.05, 3.63) is 58.0 Å². The van der Waals surface area contributed by atoms with E-state index in [9.17, 15) is 0 Å². The highest BCUT2D eigenvalue weighted by molar-refractivity contribution is 5.91. The molecule has 106 valence electrons. The largest absolute Gasteiger partial charge is 0.0906 e. The highest BCUT2D eigenvalue weighted by Crippen LogP contribution is 2.60. The first-order valence-electron chi connectivity index (χ1n) is 7.68. The van der Waals surface area contributed by atoms with Gasteiger partial charge in [0.05, 0.1) is 0 Å². The molecule has 4 rings (SSSR count). The van der Waals surface area contributed by atoms with Crippen LogP contribution >= 0.6 is 0 Å². The van der Waals surface area contributed by atoms with Gasteiger partial charge in [-0.05, 0) is 57.5 Å². The second-order valence-electron chi connectivity index (χ2n) is 7.05. The lowest BCUT2D eigenvalue weighted by molar-refractivity contribution is 0.141. The van der Waals surface area contributed by atoms with Crippen LogP contribution < -0.4 is 0 Å². The average Bonchev–Trinajstić information content (AvgIpc) is 2.46. The molecule has 0 N–H and O–H groups in total. The number of benzene rings is 2. The predicted octanol–water partition coefficient (Wildman–Crippen LogP) is 5.52. The maximum atomic E-state index is 8.82. The summed E-state index contributed by atoms with van der Waals surface area (Å²) in [7, 11) is 0. The number of rotatable bonds is 1. The van der Waals surface area contributed by atoms with Gasteiger partial charge in [0.25, 0.3) is 0 Å². The van der Waals surface area contributed by atoms with Gasteiger partial charge >= 0.3 is 0 Å². The molecule has 21 heavy (non-hydrogen) atoms. The smallest absolute Gasteiger partial charge is 0.0386 e. The van der Waals surface area contributed by atoms with E-state index in [-0.39, 0.29) is 11.5 Å². The normalized spacial score (nSPS) is 29.0. The quantitative estimate of drug-likeness (QED) is 0.374. The van der Waals surface area contributed by atoms with Crippen molar-refractivity contribution in [3.63, 3.8) is 0 Å². The number of hydrogen-bond acceptors (Lipinski definition) is 1. The van der Waals surface area contributed by atoms with E-state index in [1.807, 2.05) is 0 Å². The standard InChI is InChI=1S/C18H19N3/c1-18(2)15-9-12(20-21-19)10-16(18)14-8-4-6-11-5-3-7-13(15)17(11)14/h3-8,12,15-16H,9-10H2,1-2H3/t12?,15-,16+. The van der Waals surface area contributed by atoms with Crippen LogP contribution in [0.15, 0.2) is 41.5 Å². The molecular formula is C18H19N3. The molecule has 0 saturated heterocycles. The van der Waals surface area contributed by atoms with Gasteiger partial charge in [0, 0.05) is 11.0 Å². The molecule has 0 radical (unpaired) electrons. The van der Waals surface area contributed by atoms with E-state index in [0.717, 1.165) is 12.8 Å². The Labute approximate surface area is 124 Å². The highest BCUT2D eigenvalue weighted by atomic mass is 15.1. The van der Waals surface area contributed by atoms with Gasteiger partial charge in [-0.3, -0.25) is 0 Å². The van der Waals surface area contributed by atoms with E-state index in [1.165, 1.54) is 21.9 Å². The molecule has 3 nitrogen and oxygen atoms in total. The van der Waals surface area contributed by atoms with E-state index in [1.54, 1.807) is 0 Å². The Morgan fingerprint density at radius 3 is 2.14 bits per heavy atom. The third-order valence-corrected chi connectivity index (χ3v) is 5.75. The van der Waals surface area contributed by atoms with Gasteiger partial charge in [0.2, 0.25) is 0 Å². The van der Waals surface area contributed by atoms with Gasteiger partial charge in [-0.1, -0.05) is 55.4 Å². The zero-order valence-electron chi connectivity index (χ0n) is 12.5. The van der Waals surface area contributed by atoms with E-state index >= 15 is 0 Å². The second-order valence-corrected chi connectivity index (χ2v) is 7.05. The van der Waals surface area contributed by atoms with Crippen molar-refractivity contribution in [3.8, 4) is 0 Å². The molecule has 2 aromatic rings. The van der Waals surface area contributed by atoms with E-state index in [4.69, 9.17) is 5.53 Å². The molecular weight excluding hydrogens is 258 g/mol. The molecule has 0 amide bonds. The molecule has 2 aliphatic carbocycles. The van der Waals surface area contributed by atoms with E-state index < -0.39 is 0 Å². The lowest BCUT2D eigenvalue weighted by Crippen LogP contribution is -2.41. The molecule has 1 fully saturated rings. The average molecular weight is 277 g/mol. The molecule has 0 aromatic heterocycles. The molecule has 2 bridgehead atoms. The third-order valence-electron chi connectivity index (χ3n) is 5.75. The fourth-order valence-electron chi connectivity index (χ4n) is 4.69. The zero-order valence-corrected chi connectivity index (χ0v) is 12.5. The molecule has 3 atom stereocenters. The van der Waals surface area contributed by atoms with Crippen LogP contribution in [-0.2, 0) is 0 Å². The molecule has 2 aromatic carbocycles. The van der Waals surface area contributed by atoms with E-state index in [0.29, 0.717) is 11.8 Å². The summed E-state index contributed by atoms with van der Waals surface area (Å²) < 4.78 is 0. The summed E-state index contributed by atoms with van der Waals surface area (Å²) in [6, 6.07) is 13.4. The second kappa shape index (κ2) is 4.25. The van der Waals surface area contributed by atoms with Crippen molar-refractivity contribution in [2.24, 2.45) is 10.5 Å². The zero-order chi connectivity index (χ0) is 14.6. The van der Waals surface area contributed by atoms with Crippen LogP contribution in [0.3, 0.4) is 0 Å². The predicted molar refractivity (Wildman–Crippen MR) is 85.4 cm³/mol. The Morgan fingerprint density at radius 1 is 1.05 bits per heavy atom. The van der Waals surface area contributed by atoms with Gasteiger partial charge in [-0.25, -0.2) is 0 Å². The topological polar surface area (TPSA) is 48.8 Å². The molecule has 3 heteroatoms. The lowest BCUT2D eigenvalue weighted by atomic mass is 9.53. The Balaban J connectivity index is 2.01. The summed E-state index contributed by atoms with van der Waals surface area (Å²) in [4.78, 5) is 3.06. The Hall–Kier alpha value is -1.99. The van der Waals surface area contributed by atoms with Gasteiger partial charge in [0.1, 0.15) is 0 Å². The maximum Gasteiger partial charge on any atom is 0.0386 e.